The fourth-order valence-corrected chi connectivity index (χ4v) is 1.62. The van der Waals surface area contributed by atoms with Crippen LogP contribution >= 0.6 is 0 Å². The van der Waals surface area contributed by atoms with Crippen molar-refractivity contribution < 1.29 is 9.66 Å². The number of non-ortho nitro benzene ring substituents is 1. The highest BCUT2D eigenvalue weighted by atomic mass is 16.6. The molecular formula is C14H13N3O3. The highest BCUT2D eigenvalue weighted by Crippen LogP contribution is 2.16. The van der Waals surface area contributed by atoms with Crippen LogP contribution < -0.4 is 10.6 Å². The molecule has 0 bridgehead atoms. The highest BCUT2D eigenvalue weighted by Gasteiger charge is 2.04. The van der Waals surface area contributed by atoms with Crippen molar-refractivity contribution in [2.45, 2.75) is 6.61 Å². The van der Waals surface area contributed by atoms with E-state index in [9.17, 15) is 10.1 Å². The van der Waals surface area contributed by atoms with Crippen molar-refractivity contribution in [3.63, 3.8) is 0 Å². The average molecular weight is 271 g/mol. The molecule has 0 aliphatic heterocycles. The maximum atomic E-state index is 10.5. The number of ether oxygens (including phenoxy) is 1. The Hall–Kier alpha value is -2.89. The van der Waals surface area contributed by atoms with Gasteiger partial charge >= 0.3 is 0 Å². The third-order valence-corrected chi connectivity index (χ3v) is 2.66. The summed E-state index contributed by atoms with van der Waals surface area (Å²) in [6, 6.07) is 13.5. The van der Waals surface area contributed by atoms with E-state index in [4.69, 9.17) is 10.6 Å². The zero-order valence-electron chi connectivity index (χ0n) is 10.6. The number of nitro groups is 1. The van der Waals surface area contributed by atoms with Crippen LogP contribution in [0.25, 0.3) is 0 Å². The van der Waals surface area contributed by atoms with E-state index in [-0.39, 0.29) is 5.69 Å². The van der Waals surface area contributed by atoms with Gasteiger partial charge in [0.05, 0.1) is 11.1 Å². The van der Waals surface area contributed by atoms with Gasteiger partial charge in [0.15, 0.2) is 0 Å². The molecule has 0 aliphatic carbocycles. The molecule has 0 saturated heterocycles. The van der Waals surface area contributed by atoms with Crippen LogP contribution in [0.5, 0.6) is 5.75 Å². The number of rotatable bonds is 5. The van der Waals surface area contributed by atoms with Gasteiger partial charge in [0.25, 0.3) is 5.69 Å². The number of nitrogens with zero attached hydrogens (tertiary/aromatic N) is 2. The van der Waals surface area contributed by atoms with E-state index in [0.717, 1.165) is 11.1 Å². The monoisotopic (exact) mass is 271 g/mol. The predicted molar refractivity (Wildman–Crippen MR) is 75.7 cm³/mol. The largest absolute Gasteiger partial charge is 0.489 e. The van der Waals surface area contributed by atoms with Gasteiger partial charge in [-0.3, -0.25) is 10.1 Å². The lowest BCUT2D eigenvalue weighted by Gasteiger charge is -2.06. The van der Waals surface area contributed by atoms with E-state index >= 15 is 0 Å². The van der Waals surface area contributed by atoms with E-state index < -0.39 is 4.92 Å². The Morgan fingerprint density at radius 2 is 1.80 bits per heavy atom. The Morgan fingerprint density at radius 3 is 2.35 bits per heavy atom. The molecule has 0 aromatic heterocycles. The van der Waals surface area contributed by atoms with E-state index in [1.54, 1.807) is 18.3 Å². The van der Waals surface area contributed by atoms with Crippen molar-refractivity contribution in [2.75, 3.05) is 0 Å². The molecule has 6 nitrogen and oxygen atoms in total. The summed E-state index contributed by atoms with van der Waals surface area (Å²) in [5.41, 5.74) is 1.82. The molecule has 0 unspecified atom stereocenters. The predicted octanol–water partition coefficient (Wildman–Crippen LogP) is 2.47. The first kappa shape index (κ1) is 13.5. The van der Waals surface area contributed by atoms with Crippen molar-refractivity contribution in [3.05, 3.63) is 69.8 Å². The molecule has 102 valence electrons. The highest BCUT2D eigenvalue weighted by molar-refractivity contribution is 5.79. The summed E-state index contributed by atoms with van der Waals surface area (Å²) >= 11 is 0. The Morgan fingerprint density at radius 1 is 1.15 bits per heavy atom. The van der Waals surface area contributed by atoms with Gasteiger partial charge in [-0.2, -0.15) is 5.10 Å². The minimum Gasteiger partial charge on any atom is -0.489 e. The van der Waals surface area contributed by atoms with Crippen LogP contribution in [0, 0.1) is 10.1 Å². The van der Waals surface area contributed by atoms with E-state index in [2.05, 4.69) is 5.10 Å². The molecule has 20 heavy (non-hydrogen) atoms. The van der Waals surface area contributed by atoms with Gasteiger partial charge in [0.1, 0.15) is 12.4 Å². The van der Waals surface area contributed by atoms with E-state index in [1.807, 2.05) is 24.3 Å². The lowest BCUT2D eigenvalue weighted by molar-refractivity contribution is -0.384. The molecule has 0 spiro atoms. The van der Waals surface area contributed by atoms with E-state index in [0.29, 0.717) is 12.4 Å². The summed E-state index contributed by atoms with van der Waals surface area (Å²) in [5.74, 6) is 5.76. The van der Waals surface area contributed by atoms with Crippen LogP contribution in [0.2, 0.25) is 0 Å². The maximum absolute atomic E-state index is 10.5. The number of hydrazone groups is 1. The number of hydrogen-bond donors (Lipinski definition) is 1. The van der Waals surface area contributed by atoms with Gasteiger partial charge in [-0.05, 0) is 47.5 Å². The van der Waals surface area contributed by atoms with Gasteiger partial charge < -0.3 is 10.6 Å². The third-order valence-electron chi connectivity index (χ3n) is 2.66. The summed E-state index contributed by atoms with van der Waals surface area (Å²) in [7, 11) is 0. The first-order chi connectivity index (χ1) is 9.69. The first-order valence-electron chi connectivity index (χ1n) is 5.88. The number of hydrogen-bond acceptors (Lipinski definition) is 5. The zero-order valence-corrected chi connectivity index (χ0v) is 10.6. The van der Waals surface area contributed by atoms with Crippen LogP contribution in [-0.4, -0.2) is 11.1 Å². The fourth-order valence-electron chi connectivity index (χ4n) is 1.62. The van der Waals surface area contributed by atoms with Gasteiger partial charge in [0.2, 0.25) is 0 Å². The van der Waals surface area contributed by atoms with Gasteiger partial charge in [0, 0.05) is 12.1 Å². The molecule has 6 heteroatoms. The number of nitrogens with two attached hydrogens (primary N) is 1. The molecule has 0 saturated carbocycles. The van der Waals surface area contributed by atoms with Crippen molar-refractivity contribution >= 4 is 11.9 Å². The minimum atomic E-state index is -0.428. The smallest absolute Gasteiger partial charge is 0.269 e. The molecule has 0 heterocycles. The van der Waals surface area contributed by atoms with E-state index in [1.165, 1.54) is 12.1 Å². The Balaban J connectivity index is 1.96. The second-order valence-electron chi connectivity index (χ2n) is 4.06. The van der Waals surface area contributed by atoms with Crippen LogP contribution in [-0.2, 0) is 6.61 Å². The van der Waals surface area contributed by atoms with Crippen molar-refractivity contribution in [1.82, 2.24) is 0 Å². The Kier molecular flexibility index (Phi) is 4.28. The molecule has 0 amide bonds. The molecule has 2 aromatic carbocycles. The van der Waals surface area contributed by atoms with Crippen molar-refractivity contribution in [2.24, 2.45) is 10.9 Å². The molecule has 2 aromatic rings. The van der Waals surface area contributed by atoms with Crippen LogP contribution in [0.15, 0.2) is 53.6 Å². The number of nitro benzene ring substituents is 1. The number of benzene rings is 2. The second kappa shape index (κ2) is 6.33. The summed E-state index contributed by atoms with van der Waals surface area (Å²) < 4.78 is 5.58. The summed E-state index contributed by atoms with van der Waals surface area (Å²) in [6.45, 7) is 0.350. The minimum absolute atomic E-state index is 0.0687. The van der Waals surface area contributed by atoms with Crippen molar-refractivity contribution in [1.29, 1.82) is 0 Å². The lowest BCUT2D eigenvalue weighted by atomic mass is 10.2. The molecular weight excluding hydrogens is 258 g/mol. The third kappa shape index (κ3) is 3.55. The molecule has 0 fully saturated rings. The second-order valence-corrected chi connectivity index (χ2v) is 4.06. The quantitative estimate of drug-likeness (QED) is 0.391. The first-order valence-corrected chi connectivity index (χ1v) is 5.88. The Labute approximate surface area is 115 Å². The Bertz CT molecular complexity index is 607. The standard InChI is InChI=1S/C14H13N3O3/c15-16-9-11-3-7-14(8-4-11)20-10-12-1-5-13(6-2-12)17(18)19/h1-9H,10,15H2. The van der Waals surface area contributed by atoms with Gasteiger partial charge in [-0.25, -0.2) is 0 Å². The normalized spacial score (nSPS) is 10.6. The SMILES string of the molecule is NN=Cc1ccc(OCc2ccc([N+](=O)[O-])cc2)cc1. The summed E-state index contributed by atoms with van der Waals surface area (Å²) in [5, 5.41) is 14.0. The van der Waals surface area contributed by atoms with Crippen LogP contribution in [0.3, 0.4) is 0 Å². The fraction of sp³-hybridized carbons (Fsp3) is 0.0714. The van der Waals surface area contributed by atoms with Gasteiger partial charge in [-0.1, -0.05) is 0 Å². The van der Waals surface area contributed by atoms with Crippen molar-refractivity contribution in [3.8, 4) is 5.75 Å². The maximum Gasteiger partial charge on any atom is 0.269 e. The average Bonchev–Trinajstić information content (AvgIpc) is 2.47. The molecule has 2 rings (SSSR count). The molecule has 0 aliphatic rings. The lowest BCUT2D eigenvalue weighted by Crippen LogP contribution is -1.96. The van der Waals surface area contributed by atoms with Crippen LogP contribution in [0.4, 0.5) is 5.69 Å². The zero-order chi connectivity index (χ0) is 14.4. The van der Waals surface area contributed by atoms with Gasteiger partial charge in [-0.15, -0.1) is 0 Å². The molecule has 0 radical (unpaired) electrons. The summed E-state index contributed by atoms with van der Waals surface area (Å²) in [6.07, 6.45) is 1.54. The molecule has 2 N–H and O–H groups in total. The summed E-state index contributed by atoms with van der Waals surface area (Å²) in [4.78, 5) is 10.1. The topological polar surface area (TPSA) is 90.8 Å². The van der Waals surface area contributed by atoms with Crippen LogP contribution in [0.1, 0.15) is 11.1 Å². The molecule has 0 atom stereocenters.